The van der Waals surface area contributed by atoms with Crippen molar-refractivity contribution in [2.45, 2.75) is 13.2 Å². The van der Waals surface area contributed by atoms with Gasteiger partial charge in [0.1, 0.15) is 6.61 Å². The van der Waals surface area contributed by atoms with Crippen molar-refractivity contribution in [3.05, 3.63) is 69.8 Å². The van der Waals surface area contributed by atoms with Gasteiger partial charge < -0.3 is 21.1 Å². The molecule has 2 rings (SSSR count). The standard InChI is InChI=1S/C16H17N5O4.ClH/c17-15(18)20-13-5-1-11(2-6-13)9-19-16(22)25-10-12-3-7-14(8-4-12)21(23)24;/h1-8H,9-10H2,(H,19,22)(H4,17,18,20);1H. The summed E-state index contributed by atoms with van der Waals surface area (Å²) in [5.74, 6) is -0.152. The topological polar surface area (TPSA) is 143 Å². The third kappa shape index (κ3) is 6.65. The van der Waals surface area contributed by atoms with Gasteiger partial charge in [-0.15, -0.1) is 12.4 Å². The van der Waals surface area contributed by atoms with Gasteiger partial charge in [-0.2, -0.15) is 0 Å². The van der Waals surface area contributed by atoms with Crippen molar-refractivity contribution in [1.29, 1.82) is 5.41 Å². The Kier molecular flexibility index (Phi) is 7.84. The first-order chi connectivity index (χ1) is 11.9. The fourth-order valence-corrected chi connectivity index (χ4v) is 1.95. The lowest BCUT2D eigenvalue weighted by atomic mass is 10.2. The molecule has 0 saturated carbocycles. The lowest BCUT2D eigenvalue weighted by molar-refractivity contribution is -0.384. The van der Waals surface area contributed by atoms with E-state index in [4.69, 9.17) is 15.9 Å². The van der Waals surface area contributed by atoms with Gasteiger partial charge in [0.05, 0.1) is 4.92 Å². The number of nitrogens with one attached hydrogen (secondary N) is 3. The smallest absolute Gasteiger partial charge is 0.407 e. The van der Waals surface area contributed by atoms with Gasteiger partial charge >= 0.3 is 6.09 Å². The number of nitrogens with two attached hydrogens (primary N) is 1. The molecule has 5 N–H and O–H groups in total. The first-order valence-electron chi connectivity index (χ1n) is 7.28. The number of nitrogens with zero attached hydrogens (tertiary/aromatic N) is 1. The van der Waals surface area contributed by atoms with Crippen LogP contribution in [0.1, 0.15) is 11.1 Å². The molecule has 0 aromatic heterocycles. The van der Waals surface area contributed by atoms with E-state index in [9.17, 15) is 14.9 Å². The number of amides is 1. The van der Waals surface area contributed by atoms with Gasteiger partial charge in [-0.1, -0.05) is 12.1 Å². The molecule has 0 aliphatic heterocycles. The van der Waals surface area contributed by atoms with Crippen LogP contribution in [0, 0.1) is 15.5 Å². The number of carbonyl (C=O) groups excluding carboxylic acids is 1. The van der Waals surface area contributed by atoms with E-state index < -0.39 is 11.0 Å². The van der Waals surface area contributed by atoms with Crippen LogP contribution in [0.25, 0.3) is 0 Å². The molecular formula is C16H18ClN5O4. The van der Waals surface area contributed by atoms with Gasteiger partial charge in [-0.3, -0.25) is 15.5 Å². The Labute approximate surface area is 155 Å². The summed E-state index contributed by atoms with van der Waals surface area (Å²) in [6, 6.07) is 12.8. The van der Waals surface area contributed by atoms with Crippen LogP contribution in [-0.4, -0.2) is 17.0 Å². The van der Waals surface area contributed by atoms with Crippen LogP contribution in [0.2, 0.25) is 0 Å². The van der Waals surface area contributed by atoms with Crippen molar-refractivity contribution in [2.75, 3.05) is 5.32 Å². The van der Waals surface area contributed by atoms with Crippen molar-refractivity contribution in [3.63, 3.8) is 0 Å². The third-order valence-corrected chi connectivity index (χ3v) is 3.19. The van der Waals surface area contributed by atoms with E-state index in [2.05, 4.69) is 10.6 Å². The highest BCUT2D eigenvalue weighted by atomic mass is 35.5. The molecule has 26 heavy (non-hydrogen) atoms. The molecule has 0 radical (unpaired) electrons. The van der Waals surface area contributed by atoms with Crippen molar-refractivity contribution in [3.8, 4) is 0 Å². The van der Waals surface area contributed by atoms with Crippen molar-refractivity contribution in [2.24, 2.45) is 5.73 Å². The number of nitro groups is 1. The van der Waals surface area contributed by atoms with E-state index in [1.807, 2.05) is 0 Å². The number of guanidine groups is 1. The number of anilines is 1. The van der Waals surface area contributed by atoms with Crippen LogP contribution in [0.3, 0.4) is 0 Å². The predicted octanol–water partition coefficient (Wildman–Crippen LogP) is 2.75. The van der Waals surface area contributed by atoms with Crippen LogP contribution in [0.4, 0.5) is 16.2 Å². The molecule has 0 fully saturated rings. The largest absolute Gasteiger partial charge is 0.445 e. The Hall–Kier alpha value is -3.33. The molecule has 0 heterocycles. The van der Waals surface area contributed by atoms with Crippen LogP contribution in [0.5, 0.6) is 0 Å². The predicted molar refractivity (Wildman–Crippen MR) is 99.3 cm³/mol. The average molecular weight is 380 g/mol. The van der Waals surface area contributed by atoms with Gasteiger partial charge in [0, 0.05) is 24.4 Å². The molecule has 0 aliphatic carbocycles. The molecule has 0 unspecified atom stereocenters. The Morgan fingerprint density at radius 2 is 1.69 bits per heavy atom. The second-order valence-corrected chi connectivity index (χ2v) is 5.09. The molecule has 0 saturated heterocycles. The highest BCUT2D eigenvalue weighted by molar-refractivity contribution is 5.89. The number of hydrogen-bond donors (Lipinski definition) is 4. The van der Waals surface area contributed by atoms with Gasteiger partial charge in [0.25, 0.3) is 5.69 Å². The maximum Gasteiger partial charge on any atom is 0.407 e. The number of hydrogen-bond acceptors (Lipinski definition) is 5. The zero-order chi connectivity index (χ0) is 18.2. The zero-order valence-electron chi connectivity index (χ0n) is 13.6. The molecular weight excluding hydrogens is 362 g/mol. The number of nitro benzene ring substituents is 1. The summed E-state index contributed by atoms with van der Waals surface area (Å²) in [7, 11) is 0. The monoisotopic (exact) mass is 379 g/mol. The minimum atomic E-state index is -0.593. The number of non-ortho nitro benzene ring substituents is 1. The van der Waals surface area contributed by atoms with Gasteiger partial charge in [0.15, 0.2) is 5.96 Å². The number of rotatable bonds is 6. The summed E-state index contributed by atoms with van der Waals surface area (Å²) in [4.78, 5) is 21.7. The summed E-state index contributed by atoms with van der Waals surface area (Å²) in [6.07, 6.45) is -0.593. The van der Waals surface area contributed by atoms with E-state index in [1.165, 1.54) is 24.3 Å². The summed E-state index contributed by atoms with van der Waals surface area (Å²) in [5, 5.41) is 22.9. The van der Waals surface area contributed by atoms with Gasteiger partial charge in [-0.25, -0.2) is 4.79 Å². The number of benzene rings is 2. The number of carbonyl (C=O) groups is 1. The normalized spacial score (nSPS) is 9.54. The maximum atomic E-state index is 11.7. The molecule has 0 aliphatic rings. The molecule has 0 atom stereocenters. The highest BCUT2D eigenvalue weighted by Crippen LogP contribution is 2.13. The molecule has 2 aromatic rings. The first-order valence-corrected chi connectivity index (χ1v) is 7.28. The number of halogens is 1. The van der Waals surface area contributed by atoms with E-state index in [1.54, 1.807) is 24.3 Å². The summed E-state index contributed by atoms with van der Waals surface area (Å²) < 4.78 is 5.05. The fourth-order valence-electron chi connectivity index (χ4n) is 1.95. The Morgan fingerprint density at radius 1 is 1.12 bits per heavy atom. The van der Waals surface area contributed by atoms with Crippen LogP contribution in [-0.2, 0) is 17.9 Å². The number of alkyl carbamates (subject to hydrolysis) is 1. The van der Waals surface area contributed by atoms with Gasteiger partial charge in [0.2, 0.25) is 0 Å². The van der Waals surface area contributed by atoms with E-state index in [-0.39, 0.29) is 37.2 Å². The second-order valence-electron chi connectivity index (χ2n) is 5.09. The number of ether oxygens (including phenoxy) is 1. The average Bonchev–Trinajstić information content (AvgIpc) is 2.59. The molecule has 0 bridgehead atoms. The SMILES string of the molecule is Cl.N=C(N)Nc1ccc(CNC(=O)OCc2ccc([N+](=O)[O-])cc2)cc1. The van der Waals surface area contributed by atoms with E-state index >= 15 is 0 Å². The Morgan fingerprint density at radius 3 is 2.23 bits per heavy atom. The Balaban J connectivity index is 0.00000338. The second kappa shape index (κ2) is 9.84. The highest BCUT2D eigenvalue weighted by Gasteiger charge is 2.06. The minimum Gasteiger partial charge on any atom is -0.445 e. The lowest BCUT2D eigenvalue weighted by Gasteiger charge is -2.08. The Bertz CT molecular complexity index is 765. The van der Waals surface area contributed by atoms with Crippen molar-refractivity contribution in [1.82, 2.24) is 5.32 Å². The molecule has 10 heteroatoms. The molecule has 2 aromatic carbocycles. The minimum absolute atomic E-state index is 0. The molecule has 138 valence electrons. The van der Waals surface area contributed by atoms with Crippen LogP contribution in [0.15, 0.2) is 48.5 Å². The third-order valence-electron chi connectivity index (χ3n) is 3.19. The van der Waals surface area contributed by atoms with Gasteiger partial charge in [-0.05, 0) is 35.4 Å². The summed E-state index contributed by atoms with van der Waals surface area (Å²) in [6.45, 7) is 0.296. The van der Waals surface area contributed by atoms with E-state index in [0.717, 1.165) is 5.56 Å². The fraction of sp³-hybridized carbons (Fsp3) is 0.125. The quantitative estimate of drug-likeness (QED) is 0.263. The molecule has 0 spiro atoms. The molecule has 1 amide bonds. The van der Waals surface area contributed by atoms with Crippen molar-refractivity contribution < 1.29 is 14.5 Å². The van der Waals surface area contributed by atoms with Crippen molar-refractivity contribution >= 4 is 35.8 Å². The zero-order valence-corrected chi connectivity index (χ0v) is 14.4. The lowest BCUT2D eigenvalue weighted by Crippen LogP contribution is -2.23. The first kappa shape index (κ1) is 20.7. The maximum absolute atomic E-state index is 11.7. The molecule has 9 nitrogen and oxygen atoms in total. The van der Waals surface area contributed by atoms with Crippen LogP contribution >= 0.6 is 12.4 Å². The summed E-state index contributed by atoms with van der Waals surface area (Å²) >= 11 is 0. The van der Waals surface area contributed by atoms with E-state index in [0.29, 0.717) is 11.3 Å². The van der Waals surface area contributed by atoms with Crippen LogP contribution < -0.4 is 16.4 Å². The summed E-state index contributed by atoms with van der Waals surface area (Å²) in [5.41, 5.74) is 7.39.